The Hall–Kier alpha value is -1.54. The first-order valence-corrected chi connectivity index (χ1v) is 6.85. The molecule has 0 aliphatic carbocycles. The van der Waals surface area contributed by atoms with Crippen LogP contribution in [-0.4, -0.2) is 16.8 Å². The first-order chi connectivity index (χ1) is 8.88. The van der Waals surface area contributed by atoms with Crippen LogP contribution in [0.5, 0.6) is 5.75 Å². The van der Waals surface area contributed by atoms with E-state index in [-0.39, 0.29) is 5.91 Å². The van der Waals surface area contributed by atoms with Crippen molar-refractivity contribution in [2.45, 2.75) is 31.5 Å². The second-order valence-electron chi connectivity index (χ2n) is 4.60. The van der Waals surface area contributed by atoms with E-state index in [1.165, 1.54) is 0 Å². The Kier molecular flexibility index (Phi) is 5.37. The van der Waals surface area contributed by atoms with Crippen LogP contribution in [0.2, 0.25) is 0 Å². The van der Waals surface area contributed by atoms with Crippen LogP contribution in [0, 0.1) is 11.3 Å². The lowest BCUT2D eigenvalue weighted by Crippen LogP contribution is -2.30. The number of carbonyl (C=O) groups is 1. The third kappa shape index (κ3) is 4.56. The molecule has 0 aromatic heterocycles. The van der Waals surface area contributed by atoms with Crippen molar-refractivity contribution in [3.05, 3.63) is 23.8 Å². The van der Waals surface area contributed by atoms with Gasteiger partial charge in [0.15, 0.2) is 0 Å². The highest BCUT2D eigenvalue weighted by atomic mass is 79.9. The monoisotopic (exact) mass is 324 g/mol. The molecular weight excluding hydrogens is 308 g/mol. The molecule has 1 aromatic carbocycles. The lowest BCUT2D eigenvalue weighted by Gasteiger charge is -2.16. The van der Waals surface area contributed by atoms with Crippen molar-refractivity contribution < 1.29 is 9.53 Å². The van der Waals surface area contributed by atoms with Crippen molar-refractivity contribution in [3.8, 4) is 11.8 Å². The zero-order valence-electron chi connectivity index (χ0n) is 11.3. The molecule has 1 N–H and O–H groups in total. The molecular formula is C14H17BrN2O2. The highest BCUT2D eigenvalue weighted by molar-refractivity contribution is 9.10. The van der Waals surface area contributed by atoms with E-state index in [0.717, 1.165) is 6.42 Å². The minimum absolute atomic E-state index is 0.168. The summed E-state index contributed by atoms with van der Waals surface area (Å²) >= 11 is 3.28. The Morgan fingerprint density at radius 1 is 1.53 bits per heavy atom. The molecule has 0 saturated heterocycles. The molecule has 102 valence electrons. The lowest BCUT2D eigenvalue weighted by atomic mass is 10.1. The fourth-order valence-corrected chi connectivity index (χ4v) is 1.41. The van der Waals surface area contributed by atoms with E-state index in [9.17, 15) is 4.79 Å². The quantitative estimate of drug-likeness (QED) is 0.843. The third-order valence-electron chi connectivity index (χ3n) is 2.36. The Morgan fingerprint density at radius 3 is 2.74 bits per heavy atom. The maximum Gasteiger partial charge on any atom is 0.240 e. The van der Waals surface area contributed by atoms with Gasteiger partial charge in [0.1, 0.15) is 11.8 Å². The van der Waals surface area contributed by atoms with Gasteiger partial charge in [0.05, 0.1) is 16.5 Å². The molecule has 0 saturated carbocycles. The number of halogens is 1. The molecule has 1 amide bonds. The van der Waals surface area contributed by atoms with Gasteiger partial charge in [-0.3, -0.25) is 4.79 Å². The zero-order valence-corrected chi connectivity index (χ0v) is 12.9. The Balaban J connectivity index is 2.89. The largest absolute Gasteiger partial charge is 0.492 e. The first-order valence-electron chi connectivity index (χ1n) is 6.05. The number of carbonyl (C=O) groups excluding carboxylic acids is 1. The minimum atomic E-state index is -0.656. The predicted octanol–water partition coefficient (Wildman–Crippen LogP) is 3.46. The average molecular weight is 325 g/mol. The van der Waals surface area contributed by atoms with Gasteiger partial charge in [0.2, 0.25) is 5.91 Å². The van der Waals surface area contributed by atoms with Crippen LogP contribution in [0.1, 0.15) is 32.8 Å². The molecule has 5 heteroatoms. The maximum atomic E-state index is 11.8. The number of nitriles is 1. The van der Waals surface area contributed by atoms with Crippen LogP contribution in [0.25, 0.3) is 0 Å². The highest BCUT2D eigenvalue weighted by Crippen LogP contribution is 2.24. The molecule has 1 aromatic rings. The van der Waals surface area contributed by atoms with Crippen LogP contribution in [0.4, 0.5) is 5.69 Å². The SMILES string of the molecule is CCCOc1ccc(NC(=O)C(C)(C)Br)cc1C#N. The molecule has 0 bridgehead atoms. The van der Waals surface area contributed by atoms with Crippen LogP contribution >= 0.6 is 15.9 Å². The standard InChI is InChI=1S/C14H17BrN2O2/c1-4-7-19-12-6-5-11(8-10(12)9-16)17-13(18)14(2,3)15/h5-6,8H,4,7H2,1-3H3,(H,17,18). The number of rotatable bonds is 5. The number of hydrogen-bond acceptors (Lipinski definition) is 3. The van der Waals surface area contributed by atoms with Crippen molar-refractivity contribution in [2.75, 3.05) is 11.9 Å². The number of amides is 1. The summed E-state index contributed by atoms with van der Waals surface area (Å²) < 4.78 is 4.80. The highest BCUT2D eigenvalue weighted by Gasteiger charge is 2.23. The van der Waals surface area contributed by atoms with Crippen molar-refractivity contribution in [2.24, 2.45) is 0 Å². The Labute approximate surface area is 121 Å². The normalized spacial score (nSPS) is 10.7. The topological polar surface area (TPSA) is 62.1 Å². The van der Waals surface area contributed by atoms with Crippen LogP contribution in [0.3, 0.4) is 0 Å². The first kappa shape index (κ1) is 15.5. The molecule has 0 aliphatic heterocycles. The van der Waals surface area contributed by atoms with Gasteiger partial charge in [0, 0.05) is 5.69 Å². The summed E-state index contributed by atoms with van der Waals surface area (Å²) in [5, 5.41) is 11.8. The summed E-state index contributed by atoms with van der Waals surface area (Å²) in [5.74, 6) is 0.374. The number of nitrogens with one attached hydrogen (secondary N) is 1. The number of anilines is 1. The average Bonchev–Trinajstić information content (AvgIpc) is 2.35. The number of hydrogen-bond donors (Lipinski definition) is 1. The molecule has 19 heavy (non-hydrogen) atoms. The van der Waals surface area contributed by atoms with Crippen molar-refractivity contribution in [1.29, 1.82) is 5.26 Å². The van der Waals surface area contributed by atoms with E-state index >= 15 is 0 Å². The molecule has 0 aliphatic rings. The van der Waals surface area contributed by atoms with E-state index in [2.05, 4.69) is 27.3 Å². The fraction of sp³-hybridized carbons (Fsp3) is 0.429. The smallest absolute Gasteiger partial charge is 0.240 e. The summed E-state index contributed by atoms with van der Waals surface area (Å²) in [4.78, 5) is 11.8. The molecule has 0 heterocycles. The van der Waals surface area contributed by atoms with E-state index in [1.807, 2.05) is 6.92 Å². The van der Waals surface area contributed by atoms with Crippen molar-refractivity contribution in [3.63, 3.8) is 0 Å². The summed E-state index contributed by atoms with van der Waals surface area (Å²) in [6.45, 7) is 6.08. The summed E-state index contributed by atoms with van der Waals surface area (Å²) in [6.07, 6.45) is 0.876. The van der Waals surface area contributed by atoms with Gasteiger partial charge in [-0.05, 0) is 38.5 Å². The van der Waals surface area contributed by atoms with Gasteiger partial charge in [-0.25, -0.2) is 0 Å². The number of benzene rings is 1. The number of ether oxygens (including phenoxy) is 1. The van der Waals surface area contributed by atoms with Gasteiger partial charge in [-0.2, -0.15) is 5.26 Å². The molecule has 0 unspecified atom stereocenters. The molecule has 0 atom stereocenters. The summed E-state index contributed by atoms with van der Waals surface area (Å²) in [7, 11) is 0. The van der Waals surface area contributed by atoms with E-state index < -0.39 is 4.32 Å². The second-order valence-corrected chi connectivity index (χ2v) is 6.58. The summed E-state index contributed by atoms with van der Waals surface area (Å²) in [6, 6.07) is 7.11. The predicted molar refractivity (Wildman–Crippen MR) is 78.6 cm³/mol. The van der Waals surface area contributed by atoms with Gasteiger partial charge in [-0.15, -0.1) is 0 Å². The summed E-state index contributed by atoms with van der Waals surface area (Å²) in [5.41, 5.74) is 0.997. The minimum Gasteiger partial charge on any atom is -0.492 e. The van der Waals surface area contributed by atoms with E-state index in [4.69, 9.17) is 10.00 Å². The van der Waals surface area contributed by atoms with E-state index in [0.29, 0.717) is 23.6 Å². The number of nitrogens with zero attached hydrogens (tertiary/aromatic N) is 1. The lowest BCUT2D eigenvalue weighted by molar-refractivity contribution is -0.117. The Bertz CT molecular complexity index is 501. The fourth-order valence-electron chi connectivity index (χ4n) is 1.31. The van der Waals surface area contributed by atoms with Gasteiger partial charge < -0.3 is 10.1 Å². The van der Waals surface area contributed by atoms with E-state index in [1.54, 1.807) is 32.0 Å². The van der Waals surface area contributed by atoms with Gasteiger partial charge >= 0.3 is 0 Å². The molecule has 1 rings (SSSR count). The maximum absolute atomic E-state index is 11.8. The Morgan fingerprint density at radius 2 is 2.21 bits per heavy atom. The van der Waals surface area contributed by atoms with Gasteiger partial charge in [0.25, 0.3) is 0 Å². The number of alkyl halides is 1. The van der Waals surface area contributed by atoms with Crippen molar-refractivity contribution in [1.82, 2.24) is 0 Å². The third-order valence-corrected chi connectivity index (χ3v) is 2.72. The second kappa shape index (κ2) is 6.58. The zero-order chi connectivity index (χ0) is 14.5. The van der Waals surface area contributed by atoms with Crippen LogP contribution in [0.15, 0.2) is 18.2 Å². The molecule has 4 nitrogen and oxygen atoms in total. The van der Waals surface area contributed by atoms with Crippen LogP contribution < -0.4 is 10.1 Å². The van der Waals surface area contributed by atoms with Crippen molar-refractivity contribution >= 4 is 27.5 Å². The molecule has 0 fully saturated rings. The van der Waals surface area contributed by atoms with Gasteiger partial charge in [-0.1, -0.05) is 22.9 Å². The molecule has 0 spiro atoms. The van der Waals surface area contributed by atoms with Crippen LogP contribution in [-0.2, 0) is 4.79 Å². The molecule has 0 radical (unpaired) electrons.